The summed E-state index contributed by atoms with van der Waals surface area (Å²) >= 11 is 0. The Kier molecular flexibility index (Phi) is 2.44. The van der Waals surface area contributed by atoms with Crippen molar-refractivity contribution in [3.63, 3.8) is 0 Å². The van der Waals surface area contributed by atoms with E-state index in [1.165, 1.54) is 14.0 Å². The van der Waals surface area contributed by atoms with Gasteiger partial charge in [-0.15, -0.1) is 0 Å². The zero-order valence-electron chi connectivity index (χ0n) is 8.81. The number of carbonyl (C=O) groups excluding carboxylic acids is 2. The lowest BCUT2D eigenvalue weighted by molar-refractivity contribution is 0.0558. The second-order valence-electron chi connectivity index (χ2n) is 3.25. The van der Waals surface area contributed by atoms with Crippen LogP contribution < -0.4 is 0 Å². The molecule has 0 aliphatic carbocycles. The van der Waals surface area contributed by atoms with Crippen molar-refractivity contribution in [1.82, 2.24) is 4.98 Å². The molecule has 0 aliphatic rings. The van der Waals surface area contributed by atoms with E-state index in [4.69, 9.17) is 4.42 Å². The number of fused-ring (bicyclic) bond motifs is 1. The molecule has 0 unspecified atom stereocenters. The first-order chi connectivity index (χ1) is 7.61. The SMILES string of the molecule is COC(=O)c1nc2ccc(C(C)=O)cc2o1. The summed E-state index contributed by atoms with van der Waals surface area (Å²) in [5.74, 6) is -0.823. The number of methoxy groups -OCH3 is 1. The smallest absolute Gasteiger partial charge is 0.394 e. The van der Waals surface area contributed by atoms with Gasteiger partial charge in [0, 0.05) is 5.56 Å². The molecule has 0 aliphatic heterocycles. The Bertz CT molecular complexity index is 570. The number of aromatic nitrogens is 1. The lowest BCUT2D eigenvalue weighted by Crippen LogP contribution is -2.00. The normalized spacial score (nSPS) is 10.4. The van der Waals surface area contributed by atoms with Crippen LogP contribution in [-0.2, 0) is 4.74 Å². The van der Waals surface area contributed by atoms with Crippen LogP contribution in [0.1, 0.15) is 28.0 Å². The first-order valence-electron chi connectivity index (χ1n) is 4.61. The van der Waals surface area contributed by atoms with Crippen LogP contribution in [0.4, 0.5) is 0 Å². The molecule has 5 heteroatoms. The summed E-state index contributed by atoms with van der Waals surface area (Å²) in [5, 5.41) is 0. The van der Waals surface area contributed by atoms with Crippen molar-refractivity contribution < 1.29 is 18.7 Å². The number of rotatable bonds is 2. The number of ketones is 1. The number of carbonyl (C=O) groups is 2. The first-order valence-corrected chi connectivity index (χ1v) is 4.61. The number of oxazole rings is 1. The van der Waals surface area contributed by atoms with Gasteiger partial charge in [-0.2, -0.15) is 0 Å². The van der Waals surface area contributed by atoms with E-state index in [1.807, 2.05) is 0 Å². The highest BCUT2D eigenvalue weighted by atomic mass is 16.5. The van der Waals surface area contributed by atoms with Gasteiger partial charge >= 0.3 is 11.9 Å². The fraction of sp³-hybridized carbons (Fsp3) is 0.182. The molecule has 1 heterocycles. The van der Waals surface area contributed by atoms with Crippen molar-refractivity contribution >= 4 is 22.9 Å². The molecule has 0 saturated carbocycles. The van der Waals surface area contributed by atoms with E-state index >= 15 is 0 Å². The summed E-state index contributed by atoms with van der Waals surface area (Å²) in [6.45, 7) is 1.46. The lowest BCUT2D eigenvalue weighted by Gasteiger charge is -1.92. The van der Waals surface area contributed by atoms with Crippen molar-refractivity contribution in [3.05, 3.63) is 29.7 Å². The molecule has 0 saturated heterocycles. The highest BCUT2D eigenvalue weighted by Crippen LogP contribution is 2.18. The van der Waals surface area contributed by atoms with Crippen molar-refractivity contribution in [2.45, 2.75) is 6.92 Å². The van der Waals surface area contributed by atoms with Crippen LogP contribution >= 0.6 is 0 Å². The third-order valence-electron chi connectivity index (χ3n) is 2.15. The van der Waals surface area contributed by atoms with E-state index in [9.17, 15) is 9.59 Å². The average molecular weight is 219 g/mol. The number of ether oxygens (including phenoxy) is 1. The largest absolute Gasteiger partial charge is 0.462 e. The molecule has 0 spiro atoms. The van der Waals surface area contributed by atoms with E-state index < -0.39 is 5.97 Å². The van der Waals surface area contributed by atoms with Crippen LogP contribution in [0.5, 0.6) is 0 Å². The first kappa shape index (κ1) is 10.4. The molecule has 1 aromatic heterocycles. The maximum absolute atomic E-state index is 11.2. The lowest BCUT2D eigenvalue weighted by atomic mass is 10.1. The molecule has 82 valence electrons. The van der Waals surface area contributed by atoms with Gasteiger partial charge in [-0.3, -0.25) is 4.79 Å². The van der Waals surface area contributed by atoms with Crippen molar-refractivity contribution in [2.24, 2.45) is 0 Å². The minimum Gasteiger partial charge on any atom is -0.462 e. The Labute approximate surface area is 91.0 Å². The van der Waals surface area contributed by atoms with E-state index in [-0.39, 0.29) is 11.7 Å². The molecule has 1 aromatic carbocycles. The van der Waals surface area contributed by atoms with Gasteiger partial charge in [-0.05, 0) is 25.1 Å². The summed E-state index contributed by atoms with van der Waals surface area (Å²) in [6, 6.07) is 4.81. The molecule has 0 bridgehead atoms. The van der Waals surface area contributed by atoms with Crippen LogP contribution in [0.25, 0.3) is 11.1 Å². The number of benzene rings is 1. The van der Waals surface area contributed by atoms with Crippen LogP contribution in [-0.4, -0.2) is 23.8 Å². The van der Waals surface area contributed by atoms with Crippen molar-refractivity contribution in [1.29, 1.82) is 0 Å². The third kappa shape index (κ3) is 1.67. The fourth-order valence-electron chi connectivity index (χ4n) is 1.32. The van der Waals surface area contributed by atoms with E-state index in [0.717, 1.165) is 0 Å². The number of Topliss-reactive ketones (excluding diaryl/α,β-unsaturated/α-hetero) is 1. The second-order valence-corrected chi connectivity index (χ2v) is 3.25. The van der Waals surface area contributed by atoms with Crippen molar-refractivity contribution in [3.8, 4) is 0 Å². The van der Waals surface area contributed by atoms with E-state index in [1.54, 1.807) is 18.2 Å². The molecular weight excluding hydrogens is 210 g/mol. The topological polar surface area (TPSA) is 69.4 Å². The Morgan fingerprint density at radius 1 is 1.38 bits per heavy atom. The molecule has 0 radical (unpaired) electrons. The van der Waals surface area contributed by atoms with E-state index in [0.29, 0.717) is 16.7 Å². The van der Waals surface area contributed by atoms with Crippen LogP contribution in [0.15, 0.2) is 22.6 Å². The van der Waals surface area contributed by atoms with Gasteiger partial charge in [0.05, 0.1) is 7.11 Å². The Morgan fingerprint density at radius 3 is 2.75 bits per heavy atom. The number of nitrogens with zero attached hydrogens (tertiary/aromatic N) is 1. The molecule has 5 nitrogen and oxygen atoms in total. The van der Waals surface area contributed by atoms with Gasteiger partial charge in [-0.25, -0.2) is 9.78 Å². The minimum atomic E-state index is -0.638. The Morgan fingerprint density at radius 2 is 2.12 bits per heavy atom. The predicted octanol–water partition coefficient (Wildman–Crippen LogP) is 1.82. The monoisotopic (exact) mass is 219 g/mol. The predicted molar refractivity (Wildman–Crippen MR) is 55.4 cm³/mol. The zero-order chi connectivity index (χ0) is 11.7. The van der Waals surface area contributed by atoms with Gasteiger partial charge in [0.25, 0.3) is 0 Å². The second kappa shape index (κ2) is 3.77. The summed E-state index contributed by atoms with van der Waals surface area (Å²) in [5.41, 5.74) is 1.43. The van der Waals surface area contributed by atoms with Gasteiger partial charge in [0.15, 0.2) is 11.4 Å². The zero-order valence-corrected chi connectivity index (χ0v) is 8.81. The molecular formula is C11H9NO4. The fourth-order valence-corrected chi connectivity index (χ4v) is 1.32. The quantitative estimate of drug-likeness (QED) is 0.569. The summed E-state index contributed by atoms with van der Waals surface area (Å²) in [6.07, 6.45) is 0. The van der Waals surface area contributed by atoms with Crippen LogP contribution in [0, 0.1) is 0 Å². The average Bonchev–Trinajstić information content (AvgIpc) is 2.70. The number of esters is 1. The maximum atomic E-state index is 11.2. The van der Waals surface area contributed by atoms with E-state index in [2.05, 4.69) is 9.72 Å². The third-order valence-corrected chi connectivity index (χ3v) is 2.15. The molecule has 0 atom stereocenters. The van der Waals surface area contributed by atoms with Crippen LogP contribution in [0.2, 0.25) is 0 Å². The summed E-state index contributed by atoms with van der Waals surface area (Å²) in [7, 11) is 1.25. The molecule has 16 heavy (non-hydrogen) atoms. The van der Waals surface area contributed by atoms with Crippen molar-refractivity contribution in [2.75, 3.05) is 7.11 Å². The van der Waals surface area contributed by atoms with Gasteiger partial charge < -0.3 is 9.15 Å². The maximum Gasteiger partial charge on any atom is 0.394 e. The van der Waals surface area contributed by atoms with Gasteiger partial charge in [0.2, 0.25) is 0 Å². The number of hydrogen-bond acceptors (Lipinski definition) is 5. The Balaban J connectivity index is 2.54. The standard InChI is InChI=1S/C11H9NO4/c1-6(13)7-3-4-8-9(5-7)16-10(12-8)11(14)15-2/h3-5H,1-2H3. The highest BCUT2D eigenvalue weighted by molar-refractivity contribution is 5.97. The molecule has 0 N–H and O–H groups in total. The Hall–Kier alpha value is -2.17. The highest BCUT2D eigenvalue weighted by Gasteiger charge is 2.15. The summed E-state index contributed by atoms with van der Waals surface area (Å²) in [4.78, 5) is 26.2. The molecule has 2 rings (SSSR count). The molecule has 0 amide bonds. The van der Waals surface area contributed by atoms with Gasteiger partial charge in [0.1, 0.15) is 5.52 Å². The molecule has 0 fully saturated rings. The van der Waals surface area contributed by atoms with Gasteiger partial charge in [-0.1, -0.05) is 0 Å². The summed E-state index contributed by atoms with van der Waals surface area (Å²) < 4.78 is 9.66. The van der Waals surface area contributed by atoms with Crippen LogP contribution in [0.3, 0.4) is 0 Å². The number of hydrogen-bond donors (Lipinski definition) is 0. The minimum absolute atomic E-state index is 0.0714. The molecule has 2 aromatic rings.